The van der Waals surface area contributed by atoms with Gasteiger partial charge in [0.25, 0.3) is 0 Å². The van der Waals surface area contributed by atoms with Crippen LogP contribution in [0.4, 0.5) is 0 Å². The first-order valence-electron chi connectivity index (χ1n) is 6.49. The Kier molecular flexibility index (Phi) is 26.3. The fourth-order valence-electron chi connectivity index (χ4n) is 0.758. The van der Waals surface area contributed by atoms with Crippen LogP contribution in [0.3, 0.4) is 0 Å². The second-order valence-electron chi connectivity index (χ2n) is 4.36. The molecule has 17 heteroatoms. The molecule has 29 heavy (non-hydrogen) atoms. The second-order valence-corrected chi connectivity index (χ2v) is 4.36. The van der Waals surface area contributed by atoms with E-state index in [0.717, 1.165) is 0 Å². The molecule has 0 amide bonds. The Labute approximate surface area is 184 Å². The molecule has 166 valence electrons. The molecule has 0 aromatic carbocycles. The molecule has 3 unspecified atom stereocenters. The Balaban J connectivity index is -0.0000000686. The van der Waals surface area contributed by atoms with E-state index in [0.29, 0.717) is 0 Å². The first-order valence-corrected chi connectivity index (χ1v) is 6.49. The largest absolute Gasteiger partial charge is 1.00 e. The van der Waals surface area contributed by atoms with Gasteiger partial charge in [-0.2, -0.15) is 0 Å². The Hall–Kier alpha value is -2.34. The van der Waals surface area contributed by atoms with Crippen LogP contribution in [0.5, 0.6) is 0 Å². The third kappa shape index (κ3) is 30.6. The quantitative estimate of drug-likeness (QED) is 0.149. The van der Waals surface area contributed by atoms with Gasteiger partial charge in [-0.25, -0.2) is 14.4 Å². The summed E-state index contributed by atoms with van der Waals surface area (Å²) in [5, 5.41) is 72.4. The van der Waals surface area contributed by atoms with E-state index in [4.69, 9.17) is 46.0 Å². The van der Waals surface area contributed by atoms with Gasteiger partial charge in [0, 0.05) is 0 Å². The van der Waals surface area contributed by atoms with Gasteiger partial charge in [-0.3, -0.25) is 14.4 Å². The molecule has 0 aromatic heterocycles. The molecule has 0 aliphatic heterocycles. The Morgan fingerprint density at radius 3 is 0.690 bits per heavy atom. The standard InChI is InChI=1S/3C4H6O5.Na.H2O.H/c3*5-2(4(8)9)1-3(6)7;;;/h3*2,5H,1H2,(H,6,7)(H,8,9);;1H2;/q;;;+1;;-1. The van der Waals surface area contributed by atoms with E-state index in [1.165, 1.54) is 0 Å². The van der Waals surface area contributed by atoms with Crippen LogP contribution in [-0.4, -0.2) is 106 Å². The molecule has 3 atom stereocenters. The van der Waals surface area contributed by atoms with Gasteiger partial charge in [0.05, 0.1) is 19.3 Å². The molecule has 0 rings (SSSR count). The zero-order valence-electron chi connectivity index (χ0n) is 15.8. The number of rotatable bonds is 9. The molecule has 0 spiro atoms. The zero-order chi connectivity index (χ0) is 22.3. The third-order valence-corrected chi connectivity index (χ3v) is 1.96. The summed E-state index contributed by atoms with van der Waals surface area (Å²) in [6, 6.07) is 0. The average Bonchev–Trinajstić information content (AvgIpc) is 2.46. The Morgan fingerprint density at radius 2 is 0.655 bits per heavy atom. The summed E-state index contributed by atoms with van der Waals surface area (Å²) in [6.45, 7) is 0. The van der Waals surface area contributed by atoms with Crippen molar-refractivity contribution in [2.45, 2.75) is 37.6 Å². The molecule has 16 nitrogen and oxygen atoms in total. The topological polar surface area (TPSA) is 316 Å². The second kappa shape index (κ2) is 20.4. The maximum atomic E-state index is 9.72. The van der Waals surface area contributed by atoms with Crippen molar-refractivity contribution in [1.29, 1.82) is 0 Å². The first-order chi connectivity index (χ1) is 12.1. The maximum absolute atomic E-state index is 9.72. The van der Waals surface area contributed by atoms with Gasteiger partial charge in [-0.15, -0.1) is 0 Å². The van der Waals surface area contributed by atoms with Crippen molar-refractivity contribution in [1.82, 2.24) is 0 Å². The van der Waals surface area contributed by atoms with E-state index in [1.807, 2.05) is 0 Å². The van der Waals surface area contributed by atoms with Crippen molar-refractivity contribution in [2.75, 3.05) is 0 Å². The minimum atomic E-state index is -1.79. The molecule has 0 bridgehead atoms. The summed E-state index contributed by atoms with van der Waals surface area (Å²) in [4.78, 5) is 58.2. The molecule has 0 radical (unpaired) electrons. The van der Waals surface area contributed by atoms with Gasteiger partial charge in [-0.1, -0.05) is 0 Å². The summed E-state index contributed by atoms with van der Waals surface area (Å²) in [6.07, 6.45) is -7.63. The van der Waals surface area contributed by atoms with E-state index in [2.05, 4.69) is 0 Å². The van der Waals surface area contributed by atoms with Crippen molar-refractivity contribution < 1.29 is 111 Å². The van der Waals surface area contributed by atoms with E-state index in [-0.39, 0.29) is 36.5 Å². The molecule has 0 saturated carbocycles. The first kappa shape index (κ1) is 37.4. The van der Waals surface area contributed by atoms with Crippen LogP contribution in [0, 0.1) is 0 Å². The number of hydrogen-bond acceptors (Lipinski definition) is 9. The number of carboxylic acids is 6. The Morgan fingerprint density at radius 1 is 0.517 bits per heavy atom. The summed E-state index contributed by atoms with van der Waals surface area (Å²) < 4.78 is 0. The van der Waals surface area contributed by atoms with Crippen LogP contribution >= 0.6 is 0 Å². The maximum Gasteiger partial charge on any atom is 1.00 e. The van der Waals surface area contributed by atoms with E-state index >= 15 is 0 Å². The number of hydrogen-bond donors (Lipinski definition) is 9. The van der Waals surface area contributed by atoms with Crippen molar-refractivity contribution in [3.63, 3.8) is 0 Å². The smallest absolute Gasteiger partial charge is 1.00 e. The van der Waals surface area contributed by atoms with Gasteiger partial charge >= 0.3 is 65.4 Å². The summed E-state index contributed by atoms with van der Waals surface area (Å²) in [5.41, 5.74) is 0. The fourth-order valence-corrected chi connectivity index (χ4v) is 0.758. The van der Waals surface area contributed by atoms with E-state index in [1.54, 1.807) is 0 Å². The third-order valence-electron chi connectivity index (χ3n) is 1.96. The van der Waals surface area contributed by atoms with Crippen molar-refractivity contribution in [3.8, 4) is 0 Å². The monoisotopic (exact) mass is 444 g/mol. The Bertz CT molecular complexity index is 476. The van der Waals surface area contributed by atoms with Crippen LogP contribution in [0.1, 0.15) is 20.7 Å². The normalized spacial score (nSPS) is 11.7. The molecule has 0 aliphatic carbocycles. The predicted octanol–water partition coefficient (Wildman–Crippen LogP) is -6.99. The molecule has 0 saturated heterocycles. The van der Waals surface area contributed by atoms with Crippen LogP contribution in [0.15, 0.2) is 0 Å². The minimum absolute atomic E-state index is 0. The minimum Gasteiger partial charge on any atom is -1.00 e. The van der Waals surface area contributed by atoms with Crippen molar-refractivity contribution >= 4 is 35.8 Å². The van der Waals surface area contributed by atoms with Crippen LogP contribution < -0.4 is 29.6 Å². The van der Waals surface area contributed by atoms with E-state index < -0.39 is 73.4 Å². The zero-order valence-corrected chi connectivity index (χ0v) is 16.8. The number of aliphatic carboxylic acids is 6. The SMILES string of the molecule is O.O=C(O)CC(O)C(=O)O.O=C(O)CC(O)C(=O)O.O=C(O)CC(O)C(=O)O.[H-].[Na+]. The molecule has 0 heterocycles. The summed E-state index contributed by atoms with van der Waals surface area (Å²) in [5.74, 6) is -8.54. The molecular weight excluding hydrogens is 423 g/mol. The molecule has 0 fully saturated rings. The van der Waals surface area contributed by atoms with Gasteiger partial charge in [0.15, 0.2) is 18.3 Å². The molecular formula is C12H21NaO16. The molecule has 0 aromatic rings. The summed E-state index contributed by atoms with van der Waals surface area (Å²) in [7, 11) is 0. The van der Waals surface area contributed by atoms with Crippen LogP contribution in [0.25, 0.3) is 0 Å². The number of aliphatic hydroxyl groups is 3. The van der Waals surface area contributed by atoms with Gasteiger partial charge in [0.1, 0.15) is 0 Å². The van der Waals surface area contributed by atoms with Crippen molar-refractivity contribution in [3.05, 3.63) is 0 Å². The van der Waals surface area contributed by atoms with Crippen LogP contribution in [0.2, 0.25) is 0 Å². The number of carboxylic acid groups (broad SMARTS) is 6. The molecule has 0 aliphatic rings. The molecule has 11 N–H and O–H groups in total. The van der Waals surface area contributed by atoms with Gasteiger partial charge in [-0.05, 0) is 0 Å². The summed E-state index contributed by atoms with van der Waals surface area (Å²) >= 11 is 0. The number of carbonyl (C=O) groups is 6. The van der Waals surface area contributed by atoms with Crippen LogP contribution in [-0.2, 0) is 28.8 Å². The predicted molar refractivity (Wildman–Crippen MR) is 82.4 cm³/mol. The average molecular weight is 444 g/mol. The van der Waals surface area contributed by atoms with E-state index in [9.17, 15) is 28.8 Å². The number of aliphatic hydroxyl groups excluding tert-OH is 3. The van der Waals surface area contributed by atoms with Gasteiger partial charge < -0.3 is 52.9 Å². The van der Waals surface area contributed by atoms with Gasteiger partial charge in [0.2, 0.25) is 0 Å². The van der Waals surface area contributed by atoms with Crippen molar-refractivity contribution in [2.24, 2.45) is 0 Å². The fraction of sp³-hybridized carbons (Fsp3) is 0.500.